The van der Waals surface area contributed by atoms with E-state index in [0.717, 1.165) is 5.56 Å². The second-order valence-electron chi connectivity index (χ2n) is 5.80. The molecule has 4 aromatic rings. The Morgan fingerprint density at radius 2 is 2.00 bits per heavy atom. The summed E-state index contributed by atoms with van der Waals surface area (Å²) in [4.78, 5) is 31.2. The Morgan fingerprint density at radius 3 is 2.74 bits per heavy atom. The van der Waals surface area contributed by atoms with E-state index in [1.54, 1.807) is 47.5 Å². The molecule has 0 unspecified atom stereocenters. The largest absolute Gasteiger partial charge is 0.463 e. The SMILES string of the molecule is O=C(Nc1ccn(Cc2ccncc2)n1)c1ccc(-c2ccco2)[nH]c1=O. The molecule has 0 aliphatic heterocycles. The van der Waals surface area contributed by atoms with Gasteiger partial charge in [-0.25, -0.2) is 0 Å². The van der Waals surface area contributed by atoms with Crippen LogP contribution in [0, 0.1) is 0 Å². The van der Waals surface area contributed by atoms with Crippen LogP contribution in [0.2, 0.25) is 0 Å². The van der Waals surface area contributed by atoms with Crippen LogP contribution in [-0.2, 0) is 6.54 Å². The number of carbonyl (C=O) groups is 1. The van der Waals surface area contributed by atoms with Gasteiger partial charge in [-0.3, -0.25) is 19.3 Å². The third-order valence-corrected chi connectivity index (χ3v) is 3.92. The molecule has 8 nitrogen and oxygen atoms in total. The highest BCUT2D eigenvalue weighted by Gasteiger charge is 2.13. The fourth-order valence-electron chi connectivity index (χ4n) is 2.60. The van der Waals surface area contributed by atoms with Crippen molar-refractivity contribution in [2.45, 2.75) is 6.54 Å². The number of nitrogens with zero attached hydrogens (tertiary/aromatic N) is 3. The fourth-order valence-corrected chi connectivity index (χ4v) is 2.60. The minimum Gasteiger partial charge on any atom is -0.463 e. The molecule has 0 bridgehead atoms. The highest BCUT2D eigenvalue weighted by atomic mass is 16.3. The quantitative estimate of drug-likeness (QED) is 0.568. The molecule has 0 saturated carbocycles. The molecule has 27 heavy (non-hydrogen) atoms. The van der Waals surface area contributed by atoms with Crippen molar-refractivity contribution in [1.82, 2.24) is 19.7 Å². The Morgan fingerprint density at radius 1 is 1.15 bits per heavy atom. The standard InChI is InChI=1S/C19H15N5O3/c25-18-14(3-4-15(21-18)16-2-1-11-27-16)19(26)22-17-7-10-24(23-17)12-13-5-8-20-9-6-13/h1-11H,12H2,(H,21,25)(H,22,23,26). The van der Waals surface area contributed by atoms with Gasteiger partial charge in [0.25, 0.3) is 11.5 Å². The summed E-state index contributed by atoms with van der Waals surface area (Å²) in [6.07, 6.45) is 6.68. The fraction of sp³-hybridized carbons (Fsp3) is 0.0526. The number of furan rings is 1. The van der Waals surface area contributed by atoms with Crippen molar-refractivity contribution in [3.63, 3.8) is 0 Å². The van der Waals surface area contributed by atoms with Crippen LogP contribution >= 0.6 is 0 Å². The molecule has 4 rings (SSSR count). The first-order valence-corrected chi connectivity index (χ1v) is 8.20. The zero-order valence-corrected chi connectivity index (χ0v) is 14.1. The average Bonchev–Trinajstić information content (AvgIpc) is 3.35. The average molecular weight is 361 g/mol. The van der Waals surface area contributed by atoms with Crippen molar-refractivity contribution in [3.8, 4) is 11.5 Å². The van der Waals surface area contributed by atoms with Crippen LogP contribution in [0.1, 0.15) is 15.9 Å². The second kappa shape index (κ2) is 7.12. The molecule has 0 aliphatic rings. The maximum atomic E-state index is 12.4. The lowest BCUT2D eigenvalue weighted by molar-refractivity contribution is 0.102. The van der Waals surface area contributed by atoms with Gasteiger partial charge in [-0.05, 0) is 42.0 Å². The molecule has 0 fully saturated rings. The van der Waals surface area contributed by atoms with Gasteiger partial charge in [-0.15, -0.1) is 0 Å². The summed E-state index contributed by atoms with van der Waals surface area (Å²) in [5.41, 5.74) is 1.03. The van der Waals surface area contributed by atoms with E-state index in [4.69, 9.17) is 4.42 Å². The first-order chi connectivity index (χ1) is 13.2. The Labute approximate surface area is 153 Å². The van der Waals surface area contributed by atoms with Gasteiger partial charge in [0.2, 0.25) is 0 Å². The van der Waals surface area contributed by atoms with Gasteiger partial charge in [0.15, 0.2) is 5.82 Å². The van der Waals surface area contributed by atoms with E-state index >= 15 is 0 Å². The summed E-state index contributed by atoms with van der Waals surface area (Å²) >= 11 is 0. The minimum atomic E-state index is -0.531. The third-order valence-electron chi connectivity index (χ3n) is 3.92. The topological polar surface area (TPSA) is 106 Å². The number of hydrogen-bond donors (Lipinski definition) is 2. The summed E-state index contributed by atoms with van der Waals surface area (Å²) < 4.78 is 6.92. The van der Waals surface area contributed by atoms with Crippen LogP contribution in [0.3, 0.4) is 0 Å². The van der Waals surface area contributed by atoms with Gasteiger partial charge in [0, 0.05) is 24.7 Å². The van der Waals surface area contributed by atoms with Crippen molar-refractivity contribution in [3.05, 3.63) is 88.8 Å². The Kier molecular flexibility index (Phi) is 4.36. The molecule has 0 atom stereocenters. The first-order valence-electron chi connectivity index (χ1n) is 8.20. The summed E-state index contributed by atoms with van der Waals surface area (Å²) in [5, 5.41) is 6.93. The number of rotatable bonds is 5. The summed E-state index contributed by atoms with van der Waals surface area (Å²) in [6, 6.07) is 12.0. The lowest BCUT2D eigenvalue weighted by Crippen LogP contribution is -2.23. The van der Waals surface area contributed by atoms with Crippen molar-refractivity contribution in [1.29, 1.82) is 0 Å². The highest BCUT2D eigenvalue weighted by Crippen LogP contribution is 2.16. The Hall–Kier alpha value is -3.94. The predicted octanol–water partition coefficient (Wildman–Crippen LogP) is 2.53. The number of anilines is 1. The molecule has 0 saturated heterocycles. The highest BCUT2D eigenvalue weighted by molar-refractivity contribution is 6.03. The number of aromatic amines is 1. The van der Waals surface area contributed by atoms with Crippen LogP contribution in [0.15, 0.2) is 76.5 Å². The van der Waals surface area contributed by atoms with E-state index < -0.39 is 11.5 Å². The monoisotopic (exact) mass is 361 g/mol. The first kappa shape index (κ1) is 16.5. The maximum absolute atomic E-state index is 12.4. The van der Waals surface area contributed by atoms with E-state index in [-0.39, 0.29) is 5.56 Å². The molecule has 1 amide bonds. The van der Waals surface area contributed by atoms with E-state index in [0.29, 0.717) is 23.8 Å². The van der Waals surface area contributed by atoms with Crippen LogP contribution in [0.5, 0.6) is 0 Å². The van der Waals surface area contributed by atoms with E-state index in [2.05, 4.69) is 20.4 Å². The lowest BCUT2D eigenvalue weighted by atomic mass is 10.2. The van der Waals surface area contributed by atoms with Crippen LogP contribution in [0.25, 0.3) is 11.5 Å². The molecule has 0 aliphatic carbocycles. The van der Waals surface area contributed by atoms with Crippen molar-refractivity contribution < 1.29 is 9.21 Å². The van der Waals surface area contributed by atoms with Gasteiger partial charge in [0.1, 0.15) is 11.3 Å². The maximum Gasteiger partial charge on any atom is 0.262 e. The van der Waals surface area contributed by atoms with Crippen LogP contribution in [-0.4, -0.2) is 25.7 Å². The molecular formula is C19H15N5O3. The summed E-state index contributed by atoms with van der Waals surface area (Å²) in [7, 11) is 0. The molecule has 134 valence electrons. The molecule has 8 heteroatoms. The number of aromatic nitrogens is 4. The van der Waals surface area contributed by atoms with Crippen molar-refractivity contribution in [2.24, 2.45) is 0 Å². The predicted molar refractivity (Wildman–Crippen MR) is 98.3 cm³/mol. The van der Waals surface area contributed by atoms with Gasteiger partial charge >= 0.3 is 0 Å². The molecule has 0 spiro atoms. The zero-order chi connectivity index (χ0) is 18.6. The van der Waals surface area contributed by atoms with Gasteiger partial charge in [-0.2, -0.15) is 5.10 Å². The normalized spacial score (nSPS) is 10.7. The summed E-state index contributed by atoms with van der Waals surface area (Å²) in [6.45, 7) is 0.552. The Bertz CT molecular complexity index is 1110. The number of pyridine rings is 2. The minimum absolute atomic E-state index is 0.00556. The molecule has 2 N–H and O–H groups in total. The lowest BCUT2D eigenvalue weighted by Gasteiger charge is -2.03. The molecule has 0 radical (unpaired) electrons. The smallest absolute Gasteiger partial charge is 0.262 e. The van der Waals surface area contributed by atoms with Crippen LogP contribution < -0.4 is 10.9 Å². The van der Waals surface area contributed by atoms with E-state index in [9.17, 15) is 9.59 Å². The van der Waals surface area contributed by atoms with Crippen LogP contribution in [0.4, 0.5) is 5.82 Å². The van der Waals surface area contributed by atoms with E-state index in [1.165, 1.54) is 12.3 Å². The van der Waals surface area contributed by atoms with Crippen molar-refractivity contribution in [2.75, 3.05) is 5.32 Å². The molecule has 0 aromatic carbocycles. The number of carbonyl (C=O) groups excluding carboxylic acids is 1. The van der Waals surface area contributed by atoms with Gasteiger partial charge in [-0.1, -0.05) is 0 Å². The van der Waals surface area contributed by atoms with Crippen molar-refractivity contribution >= 4 is 11.7 Å². The molecular weight excluding hydrogens is 346 g/mol. The molecule has 4 aromatic heterocycles. The number of hydrogen-bond acceptors (Lipinski definition) is 5. The van der Waals surface area contributed by atoms with E-state index in [1.807, 2.05) is 12.1 Å². The number of nitrogens with one attached hydrogen (secondary N) is 2. The summed E-state index contributed by atoms with van der Waals surface area (Å²) in [5.74, 6) is 0.355. The van der Waals surface area contributed by atoms with Gasteiger partial charge in [0.05, 0.1) is 18.5 Å². The third kappa shape index (κ3) is 3.69. The number of amides is 1. The Balaban J connectivity index is 1.47. The number of H-pyrrole nitrogens is 1. The molecule has 4 heterocycles. The zero-order valence-electron chi connectivity index (χ0n) is 14.1. The van der Waals surface area contributed by atoms with Gasteiger partial charge < -0.3 is 14.7 Å². The second-order valence-corrected chi connectivity index (χ2v) is 5.80.